The molecule has 6 heteroatoms. The number of aromatic nitrogens is 1. The molecule has 1 rings (SSSR count). The summed E-state index contributed by atoms with van der Waals surface area (Å²) in [4.78, 5) is 26.9. The molecule has 0 spiro atoms. The molecule has 1 heterocycles. The first-order valence-corrected chi connectivity index (χ1v) is 5.78. The molecule has 0 saturated carbocycles. The van der Waals surface area contributed by atoms with Gasteiger partial charge in [-0.3, -0.25) is 9.78 Å². The quantitative estimate of drug-likeness (QED) is 0.857. The van der Waals surface area contributed by atoms with Gasteiger partial charge in [-0.2, -0.15) is 0 Å². The molecule has 0 unspecified atom stereocenters. The van der Waals surface area contributed by atoms with Crippen LogP contribution in [0.5, 0.6) is 0 Å². The van der Waals surface area contributed by atoms with Crippen molar-refractivity contribution in [3.05, 3.63) is 29.0 Å². The van der Waals surface area contributed by atoms with Gasteiger partial charge in [-0.15, -0.1) is 0 Å². The summed E-state index contributed by atoms with van der Waals surface area (Å²) in [5, 5.41) is 2.61. The van der Waals surface area contributed by atoms with Crippen molar-refractivity contribution in [1.82, 2.24) is 10.3 Å². The fourth-order valence-corrected chi connectivity index (χ4v) is 1.37. The number of rotatable bonds is 3. The first kappa shape index (κ1) is 14.4. The lowest BCUT2D eigenvalue weighted by atomic mass is 10.2. The van der Waals surface area contributed by atoms with E-state index in [-0.39, 0.29) is 23.0 Å². The number of halogens is 1. The van der Waals surface area contributed by atoms with Crippen LogP contribution in [-0.2, 0) is 4.74 Å². The van der Waals surface area contributed by atoms with E-state index in [4.69, 9.17) is 16.3 Å². The summed E-state index contributed by atoms with van der Waals surface area (Å²) in [6, 6.07) is 3.19. The zero-order valence-electron chi connectivity index (χ0n) is 10.5. The van der Waals surface area contributed by atoms with Gasteiger partial charge in [0.2, 0.25) is 5.78 Å². The fourth-order valence-electron chi connectivity index (χ4n) is 1.14. The molecule has 0 aliphatic carbocycles. The van der Waals surface area contributed by atoms with Crippen molar-refractivity contribution in [3.63, 3.8) is 0 Å². The lowest BCUT2D eigenvalue weighted by molar-refractivity contribution is 0.0520. The van der Waals surface area contributed by atoms with Crippen molar-refractivity contribution in [2.75, 3.05) is 6.54 Å². The number of alkyl carbamates (subject to hydrolysis) is 1. The molecule has 0 saturated heterocycles. The Labute approximate surface area is 110 Å². The number of nitrogens with one attached hydrogen (secondary N) is 1. The van der Waals surface area contributed by atoms with Gasteiger partial charge >= 0.3 is 6.09 Å². The highest BCUT2D eigenvalue weighted by molar-refractivity contribution is 6.33. The first-order valence-electron chi connectivity index (χ1n) is 5.40. The Bertz CT molecular complexity index is 455. The number of nitrogens with zero attached hydrogens (tertiary/aromatic N) is 1. The van der Waals surface area contributed by atoms with Crippen molar-refractivity contribution in [3.8, 4) is 0 Å². The van der Waals surface area contributed by atoms with Gasteiger partial charge in [0.25, 0.3) is 0 Å². The van der Waals surface area contributed by atoms with Crippen LogP contribution < -0.4 is 5.32 Å². The molecule has 0 aliphatic rings. The normalized spacial score (nSPS) is 10.9. The van der Waals surface area contributed by atoms with Gasteiger partial charge in [-0.05, 0) is 32.9 Å². The zero-order valence-corrected chi connectivity index (χ0v) is 11.2. The molecule has 0 aromatic carbocycles. The molecular formula is C12H15ClN2O3. The van der Waals surface area contributed by atoms with Gasteiger partial charge in [0.15, 0.2) is 0 Å². The van der Waals surface area contributed by atoms with Gasteiger partial charge in [-0.1, -0.05) is 11.6 Å². The van der Waals surface area contributed by atoms with Gasteiger partial charge in [0.05, 0.1) is 11.6 Å². The Kier molecular flexibility index (Phi) is 4.67. The Morgan fingerprint density at radius 1 is 1.44 bits per heavy atom. The van der Waals surface area contributed by atoms with E-state index in [1.165, 1.54) is 6.20 Å². The zero-order chi connectivity index (χ0) is 13.8. The number of carbonyl (C=O) groups is 2. The minimum Gasteiger partial charge on any atom is -0.444 e. The molecule has 1 amide bonds. The highest BCUT2D eigenvalue weighted by Gasteiger charge is 2.18. The average molecular weight is 271 g/mol. The SMILES string of the molecule is CC(C)(C)OC(=O)NCC(=O)c1ncccc1Cl. The van der Waals surface area contributed by atoms with Gasteiger partial charge in [-0.25, -0.2) is 4.79 Å². The van der Waals surface area contributed by atoms with E-state index in [1.807, 2.05) is 0 Å². The fraction of sp³-hybridized carbons (Fsp3) is 0.417. The molecule has 0 bridgehead atoms. The average Bonchev–Trinajstić information content (AvgIpc) is 2.24. The number of pyridine rings is 1. The van der Waals surface area contributed by atoms with E-state index in [0.29, 0.717) is 0 Å². The summed E-state index contributed by atoms with van der Waals surface area (Å²) >= 11 is 5.81. The number of hydrogen-bond donors (Lipinski definition) is 1. The molecule has 1 aromatic heterocycles. The molecule has 0 aliphatic heterocycles. The summed E-state index contributed by atoms with van der Waals surface area (Å²) in [5.74, 6) is -0.369. The lowest BCUT2D eigenvalue weighted by Gasteiger charge is -2.19. The summed E-state index contributed by atoms with van der Waals surface area (Å²) in [7, 11) is 0. The predicted octanol–water partition coefficient (Wildman–Crippen LogP) is 2.44. The Balaban J connectivity index is 2.52. The largest absolute Gasteiger partial charge is 0.444 e. The number of ketones is 1. The van der Waals surface area contributed by atoms with Crippen LogP contribution >= 0.6 is 11.6 Å². The summed E-state index contributed by atoms with van der Waals surface area (Å²) in [5.41, 5.74) is -0.467. The molecule has 1 N–H and O–H groups in total. The Hall–Kier alpha value is -1.62. The van der Waals surface area contributed by atoms with Crippen LogP contribution in [-0.4, -0.2) is 29.0 Å². The number of carbonyl (C=O) groups excluding carboxylic acids is 2. The molecule has 0 fully saturated rings. The first-order chi connectivity index (χ1) is 8.29. The van der Waals surface area contributed by atoms with E-state index < -0.39 is 11.7 Å². The van der Waals surface area contributed by atoms with E-state index >= 15 is 0 Å². The maximum absolute atomic E-state index is 11.7. The smallest absolute Gasteiger partial charge is 0.408 e. The van der Waals surface area contributed by atoms with Crippen molar-refractivity contribution in [2.45, 2.75) is 26.4 Å². The van der Waals surface area contributed by atoms with Crippen molar-refractivity contribution in [1.29, 1.82) is 0 Å². The van der Waals surface area contributed by atoms with Crippen LogP contribution in [0, 0.1) is 0 Å². The third kappa shape index (κ3) is 4.71. The second-order valence-corrected chi connectivity index (χ2v) is 5.02. The van der Waals surface area contributed by atoms with Crippen LogP contribution in [0.3, 0.4) is 0 Å². The second kappa shape index (κ2) is 5.82. The number of hydrogen-bond acceptors (Lipinski definition) is 4. The lowest BCUT2D eigenvalue weighted by Crippen LogP contribution is -2.35. The van der Waals surface area contributed by atoms with Crippen molar-refractivity contribution in [2.24, 2.45) is 0 Å². The van der Waals surface area contributed by atoms with Crippen LogP contribution in [0.4, 0.5) is 4.79 Å². The van der Waals surface area contributed by atoms with Crippen LogP contribution in [0.1, 0.15) is 31.3 Å². The molecule has 18 heavy (non-hydrogen) atoms. The highest BCUT2D eigenvalue weighted by Crippen LogP contribution is 2.12. The number of amides is 1. The molecule has 98 valence electrons. The maximum Gasteiger partial charge on any atom is 0.408 e. The minimum absolute atomic E-state index is 0.134. The minimum atomic E-state index is -0.650. The molecule has 5 nitrogen and oxygen atoms in total. The highest BCUT2D eigenvalue weighted by atomic mass is 35.5. The number of ether oxygens (including phenoxy) is 1. The van der Waals surface area contributed by atoms with Crippen molar-refractivity contribution >= 4 is 23.5 Å². The van der Waals surface area contributed by atoms with E-state index in [1.54, 1.807) is 32.9 Å². The second-order valence-electron chi connectivity index (χ2n) is 4.61. The van der Waals surface area contributed by atoms with Crippen LogP contribution in [0.2, 0.25) is 5.02 Å². The van der Waals surface area contributed by atoms with Crippen molar-refractivity contribution < 1.29 is 14.3 Å². The van der Waals surface area contributed by atoms with Gasteiger partial charge < -0.3 is 10.1 Å². The van der Waals surface area contributed by atoms with Crippen LogP contribution in [0.15, 0.2) is 18.3 Å². The van der Waals surface area contributed by atoms with E-state index in [2.05, 4.69) is 10.3 Å². The summed E-state index contributed by atoms with van der Waals surface area (Å²) in [6.07, 6.45) is 0.815. The molecule has 1 aromatic rings. The Morgan fingerprint density at radius 3 is 2.67 bits per heavy atom. The maximum atomic E-state index is 11.7. The van der Waals surface area contributed by atoms with E-state index in [9.17, 15) is 9.59 Å². The standard InChI is InChI=1S/C12H15ClN2O3/c1-12(2,3)18-11(17)15-7-9(16)10-8(13)5-4-6-14-10/h4-6H,7H2,1-3H3,(H,15,17). The molecular weight excluding hydrogens is 256 g/mol. The topological polar surface area (TPSA) is 68.3 Å². The monoisotopic (exact) mass is 270 g/mol. The summed E-state index contributed by atoms with van der Waals surface area (Å²) in [6.45, 7) is 5.02. The van der Waals surface area contributed by atoms with Gasteiger partial charge in [0, 0.05) is 6.20 Å². The van der Waals surface area contributed by atoms with Gasteiger partial charge in [0.1, 0.15) is 11.3 Å². The third-order valence-corrected chi connectivity index (χ3v) is 2.12. The van der Waals surface area contributed by atoms with E-state index in [0.717, 1.165) is 0 Å². The Morgan fingerprint density at radius 2 is 2.11 bits per heavy atom. The summed E-state index contributed by atoms with van der Waals surface area (Å²) < 4.78 is 5.00. The predicted molar refractivity (Wildman–Crippen MR) is 67.8 cm³/mol. The molecule has 0 radical (unpaired) electrons. The number of Topliss-reactive ketones (excluding diaryl/α,β-unsaturated/α-hetero) is 1. The molecule has 0 atom stereocenters. The third-order valence-electron chi connectivity index (χ3n) is 1.81. The van der Waals surface area contributed by atoms with Crippen LogP contribution in [0.25, 0.3) is 0 Å².